The Morgan fingerprint density at radius 1 is 1.31 bits per heavy atom. The van der Waals surface area contributed by atoms with E-state index in [1.165, 1.54) is 22.2 Å². The Morgan fingerprint density at radius 3 is 2.56 bits per heavy atom. The highest BCUT2D eigenvalue weighted by Gasteiger charge is 2.33. The molecule has 16 heavy (non-hydrogen) atoms. The first-order valence-corrected chi connectivity index (χ1v) is 5.49. The van der Waals surface area contributed by atoms with Gasteiger partial charge in [0, 0.05) is 11.1 Å². The number of halogens is 4. The molecule has 0 aliphatic carbocycles. The smallest absolute Gasteiger partial charge is 0.267 e. The first-order valence-electron chi connectivity index (χ1n) is 4.30. The van der Waals surface area contributed by atoms with Gasteiger partial charge in [-0.3, -0.25) is 4.68 Å². The summed E-state index contributed by atoms with van der Waals surface area (Å²) in [6.45, 7) is 0.299. The normalized spacial score (nSPS) is 12.0. The molecule has 0 atom stereocenters. The van der Waals surface area contributed by atoms with Gasteiger partial charge in [0.2, 0.25) is 0 Å². The van der Waals surface area contributed by atoms with E-state index in [1.54, 1.807) is 12.1 Å². The van der Waals surface area contributed by atoms with Crippen LogP contribution >= 0.6 is 22.9 Å². The van der Waals surface area contributed by atoms with Gasteiger partial charge < -0.3 is 0 Å². The molecule has 2 nitrogen and oxygen atoms in total. The molecule has 0 aliphatic heterocycles. The zero-order valence-corrected chi connectivity index (χ0v) is 9.40. The zero-order valence-electron chi connectivity index (χ0n) is 7.83. The lowest BCUT2D eigenvalue weighted by molar-refractivity contribution is -0.141. The van der Waals surface area contributed by atoms with E-state index >= 15 is 0 Å². The quantitative estimate of drug-likeness (QED) is 0.811. The van der Waals surface area contributed by atoms with Gasteiger partial charge in [0.1, 0.15) is 0 Å². The Hall–Kier alpha value is -1.01. The second kappa shape index (κ2) is 4.10. The lowest BCUT2D eigenvalue weighted by atomic mass is 10.4. The fourth-order valence-electron chi connectivity index (χ4n) is 1.20. The van der Waals surface area contributed by atoms with Gasteiger partial charge >= 0.3 is 6.18 Å². The number of hydrogen-bond donors (Lipinski definition) is 0. The highest BCUT2D eigenvalue weighted by atomic mass is 35.5. The molecule has 0 amide bonds. The number of hydrogen-bond acceptors (Lipinski definition) is 2. The maximum Gasteiger partial charge on any atom is 0.435 e. The molecule has 0 aromatic carbocycles. The fourth-order valence-corrected chi connectivity index (χ4v) is 2.28. The van der Waals surface area contributed by atoms with Gasteiger partial charge in [-0.15, -0.1) is 11.3 Å². The first-order chi connectivity index (χ1) is 7.45. The molecule has 0 aliphatic rings. The van der Waals surface area contributed by atoms with E-state index in [1.807, 2.05) is 0 Å². The minimum absolute atomic E-state index is 0.299. The van der Waals surface area contributed by atoms with Crippen LogP contribution in [0.3, 0.4) is 0 Å². The summed E-state index contributed by atoms with van der Waals surface area (Å²) >= 11 is 7.04. The van der Waals surface area contributed by atoms with Crippen molar-refractivity contribution >= 4 is 22.9 Å². The van der Waals surface area contributed by atoms with E-state index in [-0.39, 0.29) is 0 Å². The van der Waals surface area contributed by atoms with Crippen molar-refractivity contribution in [2.45, 2.75) is 12.7 Å². The van der Waals surface area contributed by atoms with Crippen LogP contribution in [0.4, 0.5) is 13.2 Å². The maximum absolute atomic E-state index is 12.2. The van der Waals surface area contributed by atoms with E-state index in [2.05, 4.69) is 5.10 Å². The monoisotopic (exact) mass is 266 g/mol. The van der Waals surface area contributed by atoms with Gasteiger partial charge in [-0.1, -0.05) is 11.6 Å². The van der Waals surface area contributed by atoms with Crippen LogP contribution in [0.5, 0.6) is 0 Å². The zero-order chi connectivity index (χ0) is 11.8. The molecule has 2 rings (SSSR count). The van der Waals surface area contributed by atoms with Crippen molar-refractivity contribution < 1.29 is 13.2 Å². The standard InChI is InChI=1S/C9H6ClF3N2S/c10-8-2-1-6(16-8)5-15-4-3-7(14-15)9(11,12)13/h1-4H,5H2. The molecule has 7 heteroatoms. The SMILES string of the molecule is FC(F)(F)c1ccn(Cc2ccc(Cl)s2)n1. The molecule has 0 N–H and O–H groups in total. The summed E-state index contributed by atoms with van der Waals surface area (Å²) in [5.74, 6) is 0. The lowest BCUT2D eigenvalue weighted by Gasteiger charge is -2.01. The van der Waals surface area contributed by atoms with Crippen LogP contribution in [0, 0.1) is 0 Å². The summed E-state index contributed by atoms with van der Waals surface area (Å²) < 4.78 is 38.6. The third-order valence-electron chi connectivity index (χ3n) is 1.88. The molecule has 2 heterocycles. The van der Waals surface area contributed by atoms with Gasteiger partial charge in [0.05, 0.1) is 10.9 Å². The minimum Gasteiger partial charge on any atom is -0.267 e. The third kappa shape index (κ3) is 2.56. The minimum atomic E-state index is -4.39. The molecular weight excluding hydrogens is 261 g/mol. The predicted molar refractivity (Wildman–Crippen MR) is 55.7 cm³/mol. The van der Waals surface area contributed by atoms with Crippen LogP contribution < -0.4 is 0 Å². The van der Waals surface area contributed by atoms with Gasteiger partial charge in [-0.05, 0) is 18.2 Å². The third-order valence-corrected chi connectivity index (χ3v) is 3.09. The van der Waals surface area contributed by atoms with Crippen molar-refractivity contribution in [3.05, 3.63) is 39.3 Å². The molecule has 0 bridgehead atoms. The lowest BCUT2D eigenvalue weighted by Crippen LogP contribution is -2.08. The Morgan fingerprint density at radius 2 is 2.06 bits per heavy atom. The van der Waals surface area contributed by atoms with E-state index in [4.69, 9.17) is 11.6 Å². The Bertz CT molecular complexity index is 489. The molecule has 0 fully saturated rings. The topological polar surface area (TPSA) is 17.8 Å². The molecule has 0 radical (unpaired) electrons. The van der Waals surface area contributed by atoms with Gasteiger partial charge in [-0.25, -0.2) is 0 Å². The molecule has 2 aromatic rings. The van der Waals surface area contributed by atoms with E-state index in [9.17, 15) is 13.2 Å². The van der Waals surface area contributed by atoms with Crippen molar-refractivity contribution in [3.8, 4) is 0 Å². The van der Waals surface area contributed by atoms with Crippen LogP contribution in [-0.4, -0.2) is 9.78 Å². The largest absolute Gasteiger partial charge is 0.435 e. The highest BCUT2D eigenvalue weighted by molar-refractivity contribution is 7.16. The van der Waals surface area contributed by atoms with Crippen molar-refractivity contribution in [1.29, 1.82) is 0 Å². The Kier molecular flexibility index (Phi) is 2.94. The van der Waals surface area contributed by atoms with Gasteiger partial charge in [-0.2, -0.15) is 18.3 Å². The maximum atomic E-state index is 12.2. The summed E-state index contributed by atoms with van der Waals surface area (Å²) in [6, 6.07) is 4.42. The molecule has 86 valence electrons. The van der Waals surface area contributed by atoms with Crippen molar-refractivity contribution in [2.24, 2.45) is 0 Å². The molecule has 0 unspecified atom stereocenters. The first kappa shape index (κ1) is 11.5. The molecule has 2 aromatic heterocycles. The number of thiophene rings is 1. The van der Waals surface area contributed by atoms with Crippen LogP contribution in [0.1, 0.15) is 10.6 Å². The Balaban J connectivity index is 2.14. The van der Waals surface area contributed by atoms with Crippen LogP contribution in [0.15, 0.2) is 24.4 Å². The summed E-state index contributed by atoms with van der Waals surface area (Å²) in [5.41, 5.74) is -0.879. The summed E-state index contributed by atoms with van der Waals surface area (Å²) in [7, 11) is 0. The number of rotatable bonds is 2. The van der Waals surface area contributed by atoms with Crippen molar-refractivity contribution in [1.82, 2.24) is 9.78 Å². The molecular formula is C9H6ClF3N2S. The van der Waals surface area contributed by atoms with Gasteiger partial charge in [0.25, 0.3) is 0 Å². The molecule has 0 saturated heterocycles. The summed E-state index contributed by atoms with van der Waals surface area (Å²) in [5, 5.41) is 3.44. The number of nitrogens with zero attached hydrogens (tertiary/aromatic N) is 2. The average Bonchev–Trinajstić information content (AvgIpc) is 2.74. The predicted octanol–water partition coefficient (Wildman–Crippen LogP) is 3.67. The van der Waals surface area contributed by atoms with Crippen LogP contribution in [0.25, 0.3) is 0 Å². The summed E-state index contributed by atoms with van der Waals surface area (Å²) in [6.07, 6.45) is -3.09. The van der Waals surface area contributed by atoms with E-state index < -0.39 is 11.9 Å². The Labute approximate surface area is 98.3 Å². The van der Waals surface area contributed by atoms with Crippen molar-refractivity contribution in [2.75, 3.05) is 0 Å². The van der Waals surface area contributed by atoms with Crippen LogP contribution in [-0.2, 0) is 12.7 Å². The molecule has 0 spiro atoms. The van der Waals surface area contributed by atoms with E-state index in [0.717, 1.165) is 10.9 Å². The second-order valence-corrected chi connectivity index (χ2v) is 4.90. The van der Waals surface area contributed by atoms with Crippen LogP contribution in [0.2, 0.25) is 4.34 Å². The average molecular weight is 267 g/mol. The highest BCUT2D eigenvalue weighted by Crippen LogP contribution is 2.28. The van der Waals surface area contributed by atoms with Crippen molar-refractivity contribution in [3.63, 3.8) is 0 Å². The number of alkyl halides is 3. The number of aromatic nitrogens is 2. The fraction of sp³-hybridized carbons (Fsp3) is 0.222. The van der Waals surface area contributed by atoms with Gasteiger partial charge in [0.15, 0.2) is 5.69 Å². The second-order valence-electron chi connectivity index (χ2n) is 3.10. The van der Waals surface area contributed by atoms with E-state index in [0.29, 0.717) is 10.9 Å². The molecule has 0 saturated carbocycles. The summed E-state index contributed by atoms with van der Waals surface area (Å²) in [4.78, 5) is 0.863.